The Hall–Kier alpha value is -2.31. The first kappa shape index (κ1) is 15.6. The van der Waals surface area contributed by atoms with Gasteiger partial charge in [0.05, 0.1) is 31.3 Å². The summed E-state index contributed by atoms with van der Waals surface area (Å²) in [6, 6.07) is 8.51. The van der Waals surface area contributed by atoms with Crippen molar-refractivity contribution in [1.29, 1.82) is 0 Å². The molecule has 0 aliphatic carbocycles. The van der Waals surface area contributed by atoms with Crippen LogP contribution in [0, 0.1) is 0 Å². The zero-order chi connectivity index (χ0) is 16.2. The molecule has 23 heavy (non-hydrogen) atoms. The lowest BCUT2D eigenvalue weighted by Gasteiger charge is -2.32. The molecule has 1 fully saturated rings. The summed E-state index contributed by atoms with van der Waals surface area (Å²) in [7, 11) is 0. The maximum Gasteiger partial charge on any atom is 0.356 e. The quantitative estimate of drug-likeness (QED) is 0.933. The van der Waals surface area contributed by atoms with E-state index in [9.17, 15) is 4.79 Å². The lowest BCUT2D eigenvalue weighted by molar-refractivity contribution is 0.0198. The summed E-state index contributed by atoms with van der Waals surface area (Å²) in [5.41, 5.74) is 2.78. The second-order valence-corrected chi connectivity index (χ2v) is 5.54. The number of aromatic carboxylic acids is 1. The van der Waals surface area contributed by atoms with Gasteiger partial charge in [-0.2, -0.15) is 0 Å². The molecule has 1 N–H and O–H groups in total. The molecule has 2 aromatic rings. The van der Waals surface area contributed by atoms with Crippen molar-refractivity contribution in [1.82, 2.24) is 14.9 Å². The Morgan fingerprint density at radius 1 is 1.17 bits per heavy atom. The molecule has 1 aliphatic rings. The van der Waals surface area contributed by atoms with Crippen LogP contribution in [0.1, 0.15) is 29.0 Å². The summed E-state index contributed by atoms with van der Waals surface area (Å²) < 4.78 is 5.39. The van der Waals surface area contributed by atoms with Crippen LogP contribution in [0.25, 0.3) is 11.3 Å². The van der Waals surface area contributed by atoms with Crippen LogP contribution in [0.3, 0.4) is 0 Å². The van der Waals surface area contributed by atoms with Gasteiger partial charge in [-0.1, -0.05) is 24.3 Å². The number of hydrogen-bond donors (Lipinski definition) is 1. The lowest BCUT2D eigenvalue weighted by Crippen LogP contribution is -2.37. The predicted octanol–water partition coefficient (Wildman–Crippen LogP) is 2.23. The van der Waals surface area contributed by atoms with Gasteiger partial charge in [-0.25, -0.2) is 9.78 Å². The normalized spacial score (nSPS) is 16.9. The van der Waals surface area contributed by atoms with E-state index in [1.165, 1.54) is 18.0 Å². The average molecular weight is 313 g/mol. The number of morpholine rings is 1. The van der Waals surface area contributed by atoms with Gasteiger partial charge in [0, 0.05) is 24.7 Å². The first-order chi connectivity index (χ1) is 11.1. The summed E-state index contributed by atoms with van der Waals surface area (Å²) in [6.07, 6.45) is 2.77. The second-order valence-electron chi connectivity index (χ2n) is 5.54. The number of carboxylic acid groups (broad SMARTS) is 1. The Labute approximate surface area is 134 Å². The molecule has 2 heterocycles. The molecule has 0 unspecified atom stereocenters. The summed E-state index contributed by atoms with van der Waals surface area (Å²) in [5, 5.41) is 8.85. The number of carboxylic acids is 1. The number of carbonyl (C=O) groups is 1. The van der Waals surface area contributed by atoms with E-state index in [1.54, 1.807) is 0 Å². The molecule has 0 spiro atoms. The SMILES string of the molecule is C[C@H](c1ccc(-c2cnc(C(=O)O)cn2)cc1)N1CCOCC1. The van der Waals surface area contributed by atoms with Crippen LogP contribution in [-0.2, 0) is 4.74 Å². The predicted molar refractivity (Wildman–Crippen MR) is 85.2 cm³/mol. The van der Waals surface area contributed by atoms with Crippen LogP contribution in [0.15, 0.2) is 36.7 Å². The molecule has 6 nitrogen and oxygen atoms in total. The topological polar surface area (TPSA) is 75.5 Å². The van der Waals surface area contributed by atoms with E-state index in [-0.39, 0.29) is 5.69 Å². The van der Waals surface area contributed by atoms with Crippen LogP contribution in [0.4, 0.5) is 0 Å². The number of hydrogen-bond acceptors (Lipinski definition) is 5. The van der Waals surface area contributed by atoms with Crippen LogP contribution < -0.4 is 0 Å². The molecular weight excluding hydrogens is 294 g/mol. The van der Waals surface area contributed by atoms with Crippen molar-refractivity contribution >= 4 is 5.97 Å². The average Bonchev–Trinajstić information content (AvgIpc) is 2.62. The van der Waals surface area contributed by atoms with Gasteiger partial charge in [-0.15, -0.1) is 0 Å². The fraction of sp³-hybridized carbons (Fsp3) is 0.353. The van der Waals surface area contributed by atoms with E-state index in [1.807, 2.05) is 12.1 Å². The van der Waals surface area contributed by atoms with Gasteiger partial charge in [0.15, 0.2) is 5.69 Å². The van der Waals surface area contributed by atoms with Crippen molar-refractivity contribution in [2.45, 2.75) is 13.0 Å². The largest absolute Gasteiger partial charge is 0.476 e. The third kappa shape index (κ3) is 3.55. The van der Waals surface area contributed by atoms with Crippen LogP contribution in [0.2, 0.25) is 0 Å². The molecular formula is C17H19N3O3. The minimum Gasteiger partial charge on any atom is -0.476 e. The maximum absolute atomic E-state index is 10.8. The highest BCUT2D eigenvalue weighted by molar-refractivity contribution is 5.85. The van der Waals surface area contributed by atoms with Gasteiger partial charge in [-0.05, 0) is 12.5 Å². The smallest absolute Gasteiger partial charge is 0.356 e. The molecule has 1 atom stereocenters. The van der Waals surface area contributed by atoms with E-state index in [0.29, 0.717) is 11.7 Å². The van der Waals surface area contributed by atoms with Crippen molar-refractivity contribution in [2.24, 2.45) is 0 Å². The highest BCUT2D eigenvalue weighted by atomic mass is 16.5. The van der Waals surface area contributed by atoms with Gasteiger partial charge < -0.3 is 9.84 Å². The Kier molecular flexibility index (Phi) is 4.64. The Morgan fingerprint density at radius 2 is 1.87 bits per heavy atom. The molecule has 1 aromatic carbocycles. The third-order valence-corrected chi connectivity index (χ3v) is 4.15. The molecule has 120 valence electrons. The Morgan fingerprint density at radius 3 is 2.43 bits per heavy atom. The molecule has 6 heteroatoms. The molecule has 0 radical (unpaired) electrons. The van der Waals surface area contributed by atoms with Crippen LogP contribution in [0.5, 0.6) is 0 Å². The fourth-order valence-corrected chi connectivity index (χ4v) is 2.70. The van der Waals surface area contributed by atoms with Crippen LogP contribution in [-0.4, -0.2) is 52.2 Å². The minimum atomic E-state index is -1.07. The first-order valence-electron chi connectivity index (χ1n) is 7.62. The first-order valence-corrected chi connectivity index (χ1v) is 7.62. The Bertz CT molecular complexity index is 664. The fourth-order valence-electron chi connectivity index (χ4n) is 2.70. The number of benzene rings is 1. The van der Waals surface area contributed by atoms with Gasteiger partial charge in [0.1, 0.15) is 0 Å². The highest BCUT2D eigenvalue weighted by Crippen LogP contribution is 2.24. The molecule has 0 amide bonds. The zero-order valence-electron chi connectivity index (χ0n) is 13.0. The lowest BCUT2D eigenvalue weighted by atomic mass is 10.0. The van der Waals surface area contributed by atoms with Crippen molar-refractivity contribution in [2.75, 3.05) is 26.3 Å². The van der Waals surface area contributed by atoms with Crippen molar-refractivity contribution in [3.05, 3.63) is 47.9 Å². The summed E-state index contributed by atoms with van der Waals surface area (Å²) in [6.45, 7) is 5.67. The Balaban J connectivity index is 1.74. The molecule has 1 saturated heterocycles. The molecule has 0 saturated carbocycles. The van der Waals surface area contributed by atoms with E-state index < -0.39 is 5.97 Å². The van der Waals surface area contributed by atoms with E-state index in [0.717, 1.165) is 31.9 Å². The number of nitrogens with zero attached hydrogens (tertiary/aromatic N) is 3. The zero-order valence-corrected chi connectivity index (χ0v) is 13.0. The van der Waals surface area contributed by atoms with Crippen LogP contribution >= 0.6 is 0 Å². The van der Waals surface area contributed by atoms with Crippen molar-refractivity contribution in [3.8, 4) is 11.3 Å². The summed E-state index contributed by atoms with van der Waals surface area (Å²) >= 11 is 0. The van der Waals surface area contributed by atoms with Crippen molar-refractivity contribution < 1.29 is 14.6 Å². The number of rotatable bonds is 4. The standard InChI is InChI=1S/C17H19N3O3/c1-12(20-6-8-23-9-7-20)13-2-4-14(5-3-13)15-10-19-16(11-18-15)17(21)22/h2-5,10-12H,6-9H2,1H3,(H,21,22)/t12-/m1/s1. The molecule has 1 aliphatic heterocycles. The van der Waals surface area contributed by atoms with Crippen molar-refractivity contribution in [3.63, 3.8) is 0 Å². The molecule has 3 rings (SSSR count). The van der Waals surface area contributed by atoms with Gasteiger partial charge in [0.25, 0.3) is 0 Å². The molecule has 1 aromatic heterocycles. The van der Waals surface area contributed by atoms with E-state index >= 15 is 0 Å². The number of aromatic nitrogens is 2. The van der Waals surface area contributed by atoms with E-state index in [2.05, 4.69) is 33.9 Å². The minimum absolute atomic E-state index is 0.0497. The van der Waals surface area contributed by atoms with Gasteiger partial charge >= 0.3 is 5.97 Å². The summed E-state index contributed by atoms with van der Waals surface area (Å²) in [4.78, 5) is 21.3. The van der Waals surface area contributed by atoms with Gasteiger partial charge in [-0.3, -0.25) is 9.88 Å². The molecule has 0 bridgehead atoms. The van der Waals surface area contributed by atoms with E-state index in [4.69, 9.17) is 9.84 Å². The summed E-state index contributed by atoms with van der Waals surface area (Å²) in [5.74, 6) is -1.07. The van der Waals surface area contributed by atoms with Gasteiger partial charge in [0.2, 0.25) is 0 Å². The second kappa shape index (κ2) is 6.85. The monoisotopic (exact) mass is 313 g/mol. The third-order valence-electron chi connectivity index (χ3n) is 4.15. The number of ether oxygens (including phenoxy) is 1. The maximum atomic E-state index is 10.8. The highest BCUT2D eigenvalue weighted by Gasteiger charge is 2.18.